The van der Waals surface area contributed by atoms with Crippen LogP contribution in [0.5, 0.6) is 5.75 Å². The van der Waals surface area contributed by atoms with Gasteiger partial charge in [0.05, 0.1) is 11.4 Å². The van der Waals surface area contributed by atoms with E-state index in [2.05, 4.69) is 4.57 Å². The van der Waals surface area contributed by atoms with Crippen LogP contribution in [0.1, 0.15) is 18.4 Å². The van der Waals surface area contributed by atoms with Crippen LogP contribution in [0.15, 0.2) is 65.7 Å². The van der Waals surface area contributed by atoms with Crippen LogP contribution < -0.4 is 4.74 Å². The summed E-state index contributed by atoms with van der Waals surface area (Å²) in [6.45, 7) is 2.32. The molecule has 3 amide bonds. The number of carbonyl (C=O) groups is 3. The van der Waals surface area contributed by atoms with Crippen LogP contribution in [0.2, 0.25) is 0 Å². The summed E-state index contributed by atoms with van der Waals surface area (Å²) in [5.74, 6) is 0.235. The van der Waals surface area contributed by atoms with Crippen LogP contribution in [0.25, 0.3) is 17.0 Å². The van der Waals surface area contributed by atoms with Crippen molar-refractivity contribution in [3.05, 3.63) is 71.3 Å². The number of hydrogen-bond donors (Lipinski definition) is 0. The molecule has 0 aliphatic carbocycles. The van der Waals surface area contributed by atoms with Crippen LogP contribution in [-0.4, -0.2) is 57.7 Å². The van der Waals surface area contributed by atoms with Gasteiger partial charge in [-0.1, -0.05) is 36.4 Å². The second kappa shape index (κ2) is 9.77. The van der Waals surface area contributed by atoms with E-state index in [0.717, 1.165) is 51.7 Å². The van der Waals surface area contributed by atoms with E-state index in [4.69, 9.17) is 4.74 Å². The molecule has 0 spiro atoms. The number of para-hydroxylation sites is 2. The van der Waals surface area contributed by atoms with Gasteiger partial charge in [0.2, 0.25) is 5.91 Å². The highest BCUT2D eigenvalue weighted by Gasteiger charge is 2.37. The number of likely N-dealkylation sites (tertiary alicyclic amines) is 1. The van der Waals surface area contributed by atoms with E-state index in [9.17, 15) is 14.4 Å². The normalized spacial score (nSPS) is 17.4. The minimum Gasteiger partial charge on any atom is -0.492 e. The van der Waals surface area contributed by atoms with E-state index < -0.39 is 11.1 Å². The van der Waals surface area contributed by atoms with Gasteiger partial charge in [-0.3, -0.25) is 19.3 Å². The monoisotopic (exact) mass is 475 g/mol. The van der Waals surface area contributed by atoms with Gasteiger partial charge < -0.3 is 14.2 Å². The lowest BCUT2D eigenvalue weighted by atomic mass is 10.1. The van der Waals surface area contributed by atoms with Gasteiger partial charge in [-0.2, -0.15) is 0 Å². The molecule has 5 rings (SSSR count). The molecule has 2 fully saturated rings. The van der Waals surface area contributed by atoms with Crippen molar-refractivity contribution in [1.29, 1.82) is 0 Å². The van der Waals surface area contributed by atoms with Crippen LogP contribution in [-0.2, 0) is 16.1 Å². The summed E-state index contributed by atoms with van der Waals surface area (Å²) in [5.41, 5.74) is 1.88. The number of thioether (sulfide) groups is 1. The molecule has 2 saturated heterocycles. The topological polar surface area (TPSA) is 71.9 Å². The van der Waals surface area contributed by atoms with Gasteiger partial charge in [-0.15, -0.1) is 0 Å². The van der Waals surface area contributed by atoms with E-state index in [1.54, 1.807) is 11.0 Å². The van der Waals surface area contributed by atoms with Gasteiger partial charge in [0.15, 0.2) is 0 Å². The van der Waals surface area contributed by atoms with E-state index in [0.29, 0.717) is 31.1 Å². The number of rotatable bonds is 7. The van der Waals surface area contributed by atoms with Gasteiger partial charge in [-0.05, 0) is 48.9 Å². The molecule has 0 bridgehead atoms. The summed E-state index contributed by atoms with van der Waals surface area (Å²) in [4.78, 5) is 41.1. The number of imide groups is 1. The third-order valence-corrected chi connectivity index (χ3v) is 6.98. The highest BCUT2D eigenvalue weighted by molar-refractivity contribution is 8.18. The Morgan fingerprint density at radius 2 is 1.74 bits per heavy atom. The van der Waals surface area contributed by atoms with Crippen molar-refractivity contribution in [1.82, 2.24) is 14.4 Å². The average Bonchev–Trinajstić information content (AvgIpc) is 3.57. The standard InChI is InChI=1S/C26H25N3O4S/c30-24(27-12-6-7-13-27)18-29-25(31)23(34-26(29)32)16-19-17-28(22-11-5-4-10-21(19)22)14-15-33-20-8-2-1-3-9-20/h1-5,8-11,16-17H,6-7,12-15,18H2/b23-16-. The molecule has 7 nitrogen and oxygen atoms in total. The zero-order chi connectivity index (χ0) is 23.5. The molecule has 1 aromatic heterocycles. The minimum atomic E-state index is -0.410. The van der Waals surface area contributed by atoms with Crippen molar-refractivity contribution in [3.8, 4) is 5.75 Å². The molecule has 3 heterocycles. The van der Waals surface area contributed by atoms with Crippen molar-refractivity contribution in [2.24, 2.45) is 0 Å². The smallest absolute Gasteiger partial charge is 0.294 e. The predicted octanol–water partition coefficient (Wildman–Crippen LogP) is 4.38. The lowest BCUT2D eigenvalue weighted by Gasteiger charge is -2.18. The second-order valence-corrected chi connectivity index (χ2v) is 9.31. The number of fused-ring (bicyclic) bond motifs is 1. The molecule has 2 aromatic carbocycles. The highest BCUT2D eigenvalue weighted by atomic mass is 32.2. The first kappa shape index (κ1) is 22.3. The van der Waals surface area contributed by atoms with Gasteiger partial charge in [0.25, 0.3) is 11.1 Å². The Kier molecular flexibility index (Phi) is 6.40. The molecule has 174 valence electrons. The molecule has 0 atom stereocenters. The fourth-order valence-corrected chi connectivity index (χ4v) is 5.16. The van der Waals surface area contributed by atoms with Gasteiger partial charge in [-0.25, -0.2) is 0 Å². The zero-order valence-electron chi connectivity index (χ0n) is 18.7. The molecule has 0 N–H and O–H groups in total. The molecule has 34 heavy (non-hydrogen) atoms. The van der Waals surface area contributed by atoms with E-state index in [1.807, 2.05) is 60.8 Å². The van der Waals surface area contributed by atoms with Crippen molar-refractivity contribution in [2.75, 3.05) is 26.2 Å². The lowest BCUT2D eigenvalue weighted by Crippen LogP contribution is -2.40. The van der Waals surface area contributed by atoms with Gasteiger partial charge in [0.1, 0.15) is 18.9 Å². The second-order valence-electron chi connectivity index (χ2n) is 8.31. The van der Waals surface area contributed by atoms with Crippen LogP contribution >= 0.6 is 11.8 Å². The first-order valence-corrected chi connectivity index (χ1v) is 12.2. The molecule has 0 saturated carbocycles. The number of carbonyl (C=O) groups excluding carboxylic acids is 3. The quantitative estimate of drug-likeness (QED) is 0.474. The lowest BCUT2D eigenvalue weighted by molar-refractivity contribution is -0.135. The minimum absolute atomic E-state index is 0.170. The average molecular weight is 476 g/mol. The Hall–Kier alpha value is -3.52. The van der Waals surface area contributed by atoms with Crippen molar-refractivity contribution in [2.45, 2.75) is 19.4 Å². The summed E-state index contributed by atoms with van der Waals surface area (Å²) in [6, 6.07) is 17.6. The SMILES string of the molecule is O=C(CN1C(=O)S/C(=C\c2cn(CCOc3ccccc3)c3ccccc23)C1=O)N1CCCC1. The molecular weight excluding hydrogens is 450 g/mol. The first-order valence-electron chi connectivity index (χ1n) is 11.4. The van der Waals surface area contributed by atoms with E-state index in [1.165, 1.54) is 0 Å². The number of benzene rings is 2. The number of hydrogen-bond acceptors (Lipinski definition) is 5. The molecule has 0 unspecified atom stereocenters. The summed E-state index contributed by atoms with van der Waals surface area (Å²) < 4.78 is 7.93. The number of ether oxygens (including phenoxy) is 1. The maximum atomic E-state index is 13.0. The summed E-state index contributed by atoms with van der Waals surface area (Å²) >= 11 is 0.888. The first-order chi connectivity index (χ1) is 16.6. The molecular formula is C26H25N3O4S. The third kappa shape index (κ3) is 4.59. The predicted molar refractivity (Wildman–Crippen MR) is 132 cm³/mol. The van der Waals surface area contributed by atoms with E-state index in [-0.39, 0.29) is 12.5 Å². The fourth-order valence-electron chi connectivity index (χ4n) is 4.33. The largest absolute Gasteiger partial charge is 0.492 e. The Labute approximate surface area is 202 Å². The van der Waals surface area contributed by atoms with E-state index >= 15 is 0 Å². The molecule has 2 aliphatic rings. The summed E-state index contributed by atoms with van der Waals surface area (Å²) in [7, 11) is 0. The highest BCUT2D eigenvalue weighted by Crippen LogP contribution is 2.34. The molecule has 8 heteroatoms. The summed E-state index contributed by atoms with van der Waals surface area (Å²) in [6.07, 6.45) is 5.66. The van der Waals surface area contributed by atoms with Crippen molar-refractivity contribution < 1.29 is 19.1 Å². The molecule has 2 aliphatic heterocycles. The van der Waals surface area contributed by atoms with Gasteiger partial charge in [0, 0.05) is 35.8 Å². The van der Waals surface area contributed by atoms with Crippen LogP contribution in [0.3, 0.4) is 0 Å². The zero-order valence-corrected chi connectivity index (χ0v) is 19.5. The Bertz CT molecular complexity index is 1260. The maximum absolute atomic E-state index is 13.0. The molecule has 3 aromatic rings. The van der Waals surface area contributed by atoms with Crippen molar-refractivity contribution >= 4 is 45.8 Å². The summed E-state index contributed by atoms with van der Waals surface area (Å²) in [5, 5.41) is 0.589. The Morgan fingerprint density at radius 3 is 2.53 bits per heavy atom. The van der Waals surface area contributed by atoms with Crippen LogP contribution in [0, 0.1) is 0 Å². The van der Waals surface area contributed by atoms with Crippen molar-refractivity contribution in [3.63, 3.8) is 0 Å². The number of nitrogens with zero attached hydrogens (tertiary/aromatic N) is 3. The van der Waals surface area contributed by atoms with Gasteiger partial charge >= 0.3 is 0 Å². The number of aromatic nitrogens is 1. The molecule has 0 radical (unpaired) electrons. The van der Waals surface area contributed by atoms with Crippen LogP contribution in [0.4, 0.5) is 4.79 Å². The maximum Gasteiger partial charge on any atom is 0.294 e. The fraction of sp³-hybridized carbons (Fsp3) is 0.269. The Balaban J connectivity index is 1.33. The third-order valence-electron chi connectivity index (χ3n) is 6.08. The number of amides is 3. The Morgan fingerprint density at radius 1 is 1.00 bits per heavy atom.